The quantitative estimate of drug-likeness (QED) is 0.801. The molecule has 1 atom stereocenters. The summed E-state index contributed by atoms with van der Waals surface area (Å²) in [6.07, 6.45) is 3.48. The fourth-order valence-electron chi connectivity index (χ4n) is 4.27. The number of aryl methyl sites for hydroxylation is 1. The van der Waals surface area contributed by atoms with E-state index < -0.39 is 10.0 Å². The number of amides is 1. The minimum atomic E-state index is -3.45. The van der Waals surface area contributed by atoms with Gasteiger partial charge in [0.25, 0.3) is 0 Å². The van der Waals surface area contributed by atoms with Crippen LogP contribution >= 0.6 is 0 Å². The van der Waals surface area contributed by atoms with Crippen molar-refractivity contribution in [3.63, 3.8) is 0 Å². The van der Waals surface area contributed by atoms with E-state index in [2.05, 4.69) is 0 Å². The monoisotopic (exact) mass is 378 g/mol. The lowest BCUT2D eigenvalue weighted by molar-refractivity contribution is -0.160. The minimum Gasteiger partial charge on any atom is -0.372 e. The first kappa shape index (κ1) is 17.9. The fraction of sp³-hybridized carbons (Fsp3) is 0.632. The molecule has 0 radical (unpaired) electrons. The smallest absolute Gasteiger partial charge is 0.243 e. The molecule has 1 aromatic carbocycles. The summed E-state index contributed by atoms with van der Waals surface area (Å²) in [5, 5.41) is 0. The predicted octanol–water partition coefficient (Wildman–Crippen LogP) is 1.79. The van der Waals surface area contributed by atoms with Gasteiger partial charge >= 0.3 is 0 Å². The van der Waals surface area contributed by atoms with Crippen LogP contribution in [-0.2, 0) is 19.6 Å². The molecule has 0 unspecified atom stereocenters. The van der Waals surface area contributed by atoms with Crippen LogP contribution in [0.25, 0.3) is 0 Å². The maximum atomic E-state index is 12.8. The number of nitrogens with zero attached hydrogens (tertiary/aromatic N) is 2. The topological polar surface area (TPSA) is 66.9 Å². The van der Waals surface area contributed by atoms with Gasteiger partial charge in [-0.2, -0.15) is 4.31 Å². The Kier molecular flexibility index (Phi) is 4.57. The van der Waals surface area contributed by atoms with Gasteiger partial charge in [-0.15, -0.1) is 0 Å². The molecule has 0 N–H and O–H groups in total. The molecule has 0 aromatic heterocycles. The van der Waals surface area contributed by atoms with Crippen molar-refractivity contribution in [2.24, 2.45) is 5.92 Å². The van der Waals surface area contributed by atoms with Crippen molar-refractivity contribution in [3.8, 4) is 0 Å². The average molecular weight is 378 g/mol. The molecule has 3 saturated heterocycles. The highest BCUT2D eigenvalue weighted by Gasteiger charge is 2.51. The Hall–Kier alpha value is -1.44. The Bertz CT molecular complexity index is 792. The molecule has 6 nitrogen and oxygen atoms in total. The van der Waals surface area contributed by atoms with Crippen LogP contribution in [-0.4, -0.2) is 61.9 Å². The molecule has 0 aliphatic carbocycles. The van der Waals surface area contributed by atoms with Gasteiger partial charge in [-0.1, -0.05) is 18.2 Å². The van der Waals surface area contributed by atoms with E-state index in [9.17, 15) is 13.2 Å². The largest absolute Gasteiger partial charge is 0.372 e. The standard InChI is InChI=1S/C19H26N2O4S/c1-15-5-2-3-6-17(15)26(23,24)21-13-19(14-21)9-8-16(12-25-19)11-20-10-4-7-18(20)22/h2-3,5-6,16H,4,7-14H2,1H3/t16-/m0/s1. The molecule has 3 fully saturated rings. The van der Waals surface area contributed by atoms with Crippen LogP contribution in [0.1, 0.15) is 31.2 Å². The summed E-state index contributed by atoms with van der Waals surface area (Å²) in [6.45, 7) is 4.94. The number of sulfonamides is 1. The third-order valence-electron chi connectivity index (χ3n) is 5.92. The lowest BCUT2D eigenvalue weighted by Crippen LogP contribution is -2.66. The normalized spacial score (nSPS) is 26.3. The van der Waals surface area contributed by atoms with Crippen molar-refractivity contribution >= 4 is 15.9 Å². The summed E-state index contributed by atoms with van der Waals surface area (Å²) in [5.74, 6) is 0.620. The lowest BCUT2D eigenvalue weighted by atomic mass is 9.84. The van der Waals surface area contributed by atoms with E-state index in [0.717, 1.165) is 37.9 Å². The van der Waals surface area contributed by atoms with E-state index in [-0.39, 0.29) is 11.5 Å². The number of hydrogen-bond acceptors (Lipinski definition) is 4. The molecule has 4 rings (SSSR count). The molecule has 142 valence electrons. The number of ether oxygens (including phenoxy) is 1. The Labute approximate surface area is 155 Å². The zero-order chi connectivity index (χ0) is 18.4. The number of carbonyl (C=O) groups excluding carboxylic acids is 1. The Morgan fingerprint density at radius 3 is 2.65 bits per heavy atom. The van der Waals surface area contributed by atoms with Crippen molar-refractivity contribution in [3.05, 3.63) is 29.8 Å². The lowest BCUT2D eigenvalue weighted by Gasteiger charge is -2.52. The van der Waals surface area contributed by atoms with Crippen molar-refractivity contribution in [2.75, 3.05) is 32.8 Å². The molecule has 1 aromatic rings. The second-order valence-corrected chi connectivity index (χ2v) is 9.79. The zero-order valence-electron chi connectivity index (χ0n) is 15.2. The van der Waals surface area contributed by atoms with Gasteiger partial charge < -0.3 is 9.64 Å². The Balaban J connectivity index is 1.34. The van der Waals surface area contributed by atoms with Gasteiger partial charge in [0.05, 0.1) is 17.1 Å². The van der Waals surface area contributed by atoms with E-state index in [1.165, 1.54) is 4.31 Å². The fourth-order valence-corrected chi connectivity index (χ4v) is 6.08. The molecule has 26 heavy (non-hydrogen) atoms. The van der Waals surface area contributed by atoms with Crippen LogP contribution in [0.2, 0.25) is 0 Å². The van der Waals surface area contributed by atoms with Crippen LogP contribution in [0.15, 0.2) is 29.2 Å². The van der Waals surface area contributed by atoms with Crippen molar-refractivity contribution in [1.82, 2.24) is 9.21 Å². The zero-order valence-corrected chi connectivity index (χ0v) is 16.0. The van der Waals surface area contributed by atoms with Crippen LogP contribution in [0.4, 0.5) is 0 Å². The highest BCUT2D eigenvalue weighted by atomic mass is 32.2. The number of rotatable bonds is 4. The van der Waals surface area contributed by atoms with Gasteiger partial charge in [0.1, 0.15) is 0 Å². The Morgan fingerprint density at radius 1 is 1.27 bits per heavy atom. The summed E-state index contributed by atoms with van der Waals surface area (Å²) >= 11 is 0. The van der Waals surface area contributed by atoms with Crippen LogP contribution in [0.5, 0.6) is 0 Å². The van der Waals surface area contributed by atoms with Gasteiger partial charge in [0.15, 0.2) is 0 Å². The molecular weight excluding hydrogens is 352 g/mol. The molecule has 7 heteroatoms. The van der Waals surface area contributed by atoms with E-state index in [0.29, 0.717) is 36.9 Å². The number of benzene rings is 1. The molecule has 1 amide bonds. The molecule has 3 heterocycles. The molecule has 3 aliphatic heterocycles. The van der Waals surface area contributed by atoms with Crippen molar-refractivity contribution in [2.45, 2.75) is 43.1 Å². The van der Waals surface area contributed by atoms with E-state index >= 15 is 0 Å². The molecule has 0 saturated carbocycles. The van der Waals surface area contributed by atoms with Gasteiger partial charge in [-0.3, -0.25) is 4.79 Å². The summed E-state index contributed by atoms with van der Waals surface area (Å²) in [4.78, 5) is 14.1. The summed E-state index contributed by atoms with van der Waals surface area (Å²) in [6, 6.07) is 7.10. The number of likely N-dealkylation sites (tertiary alicyclic amines) is 1. The van der Waals surface area contributed by atoms with E-state index in [4.69, 9.17) is 4.74 Å². The third kappa shape index (κ3) is 3.17. The van der Waals surface area contributed by atoms with E-state index in [1.807, 2.05) is 24.0 Å². The highest BCUT2D eigenvalue weighted by Crippen LogP contribution is 2.39. The summed E-state index contributed by atoms with van der Waals surface area (Å²) in [7, 11) is -3.45. The maximum Gasteiger partial charge on any atom is 0.243 e. The first-order chi connectivity index (χ1) is 12.4. The van der Waals surface area contributed by atoms with Gasteiger partial charge in [0, 0.05) is 38.5 Å². The average Bonchev–Trinajstić information content (AvgIpc) is 2.99. The van der Waals surface area contributed by atoms with Gasteiger partial charge in [0.2, 0.25) is 15.9 Å². The first-order valence-corrected chi connectivity index (χ1v) is 10.8. The van der Waals surface area contributed by atoms with Crippen LogP contribution in [0, 0.1) is 12.8 Å². The van der Waals surface area contributed by atoms with Crippen molar-refractivity contribution < 1.29 is 17.9 Å². The first-order valence-electron chi connectivity index (χ1n) is 9.37. The molecule has 3 aliphatic rings. The molecular formula is C19H26N2O4S. The Morgan fingerprint density at radius 2 is 2.04 bits per heavy atom. The highest BCUT2D eigenvalue weighted by molar-refractivity contribution is 7.89. The van der Waals surface area contributed by atoms with Crippen molar-refractivity contribution in [1.29, 1.82) is 0 Å². The number of carbonyl (C=O) groups is 1. The van der Waals surface area contributed by atoms with Crippen LogP contribution < -0.4 is 0 Å². The second-order valence-electron chi connectivity index (χ2n) is 7.88. The molecule has 1 spiro atoms. The summed E-state index contributed by atoms with van der Waals surface area (Å²) in [5.41, 5.74) is 0.440. The van der Waals surface area contributed by atoms with Crippen LogP contribution in [0.3, 0.4) is 0 Å². The molecule has 0 bridgehead atoms. The minimum absolute atomic E-state index is 0.254. The van der Waals surface area contributed by atoms with E-state index in [1.54, 1.807) is 12.1 Å². The maximum absolute atomic E-state index is 12.8. The second kappa shape index (κ2) is 6.62. The van der Waals surface area contributed by atoms with Gasteiger partial charge in [-0.05, 0) is 37.8 Å². The SMILES string of the molecule is Cc1ccccc1S(=O)(=O)N1CC2(CC[C@@H](CN3CCCC3=O)CO2)C1. The third-order valence-corrected chi connectivity index (χ3v) is 7.88. The number of hydrogen-bond donors (Lipinski definition) is 0. The summed E-state index contributed by atoms with van der Waals surface area (Å²) < 4.78 is 33.3. The van der Waals surface area contributed by atoms with Gasteiger partial charge in [-0.25, -0.2) is 8.42 Å². The predicted molar refractivity (Wildman–Crippen MR) is 97.2 cm³/mol.